The third kappa shape index (κ3) is 4.03. The SMILES string of the molecule is COc1ccccc1-c1ccc(C(C)NC(=O)Cn2cncn2)cc1. The highest BCUT2D eigenvalue weighted by Gasteiger charge is 2.11. The Labute approximate surface area is 146 Å². The van der Waals surface area contributed by atoms with Crippen LogP contribution in [0.25, 0.3) is 11.1 Å². The lowest BCUT2D eigenvalue weighted by Gasteiger charge is -2.15. The number of rotatable bonds is 6. The molecular formula is C19H20N4O2. The second kappa shape index (κ2) is 7.61. The van der Waals surface area contributed by atoms with Crippen molar-refractivity contribution in [1.29, 1.82) is 0 Å². The molecule has 2 aromatic carbocycles. The van der Waals surface area contributed by atoms with Crippen molar-refractivity contribution in [1.82, 2.24) is 20.1 Å². The van der Waals surface area contributed by atoms with Crippen LogP contribution in [-0.2, 0) is 11.3 Å². The Balaban J connectivity index is 1.68. The molecule has 1 N–H and O–H groups in total. The Kier molecular flexibility index (Phi) is 5.09. The summed E-state index contributed by atoms with van der Waals surface area (Å²) in [6, 6.07) is 15.9. The van der Waals surface area contributed by atoms with Gasteiger partial charge in [0.1, 0.15) is 24.9 Å². The van der Waals surface area contributed by atoms with Gasteiger partial charge in [-0.05, 0) is 24.1 Å². The fourth-order valence-electron chi connectivity index (χ4n) is 2.67. The Morgan fingerprint density at radius 3 is 2.64 bits per heavy atom. The van der Waals surface area contributed by atoms with Gasteiger partial charge >= 0.3 is 0 Å². The van der Waals surface area contributed by atoms with Crippen molar-refractivity contribution in [3.8, 4) is 16.9 Å². The quantitative estimate of drug-likeness (QED) is 0.751. The topological polar surface area (TPSA) is 69.0 Å². The number of ether oxygens (including phenoxy) is 1. The van der Waals surface area contributed by atoms with Gasteiger partial charge in [0.25, 0.3) is 0 Å². The highest BCUT2D eigenvalue weighted by atomic mass is 16.5. The predicted octanol–water partition coefficient (Wildman–Crippen LogP) is 2.83. The van der Waals surface area contributed by atoms with Gasteiger partial charge in [-0.3, -0.25) is 4.79 Å². The van der Waals surface area contributed by atoms with Crippen molar-refractivity contribution in [2.24, 2.45) is 0 Å². The Morgan fingerprint density at radius 2 is 1.96 bits per heavy atom. The molecule has 0 fully saturated rings. The summed E-state index contributed by atoms with van der Waals surface area (Å²) in [4.78, 5) is 15.9. The van der Waals surface area contributed by atoms with E-state index in [4.69, 9.17) is 4.74 Å². The second-order valence-corrected chi connectivity index (χ2v) is 5.70. The summed E-state index contributed by atoms with van der Waals surface area (Å²) in [7, 11) is 1.67. The van der Waals surface area contributed by atoms with Gasteiger partial charge in [0, 0.05) is 5.56 Å². The number of carbonyl (C=O) groups is 1. The maximum atomic E-state index is 12.0. The molecule has 3 rings (SSSR count). The lowest BCUT2D eigenvalue weighted by atomic mass is 10.0. The van der Waals surface area contributed by atoms with Gasteiger partial charge in [-0.25, -0.2) is 9.67 Å². The van der Waals surface area contributed by atoms with E-state index in [2.05, 4.69) is 15.4 Å². The molecule has 0 aliphatic heterocycles. The van der Waals surface area contributed by atoms with E-state index in [9.17, 15) is 4.79 Å². The van der Waals surface area contributed by atoms with Crippen LogP contribution in [0.15, 0.2) is 61.2 Å². The zero-order valence-corrected chi connectivity index (χ0v) is 14.2. The van der Waals surface area contributed by atoms with Crippen LogP contribution in [0.2, 0.25) is 0 Å². The van der Waals surface area contributed by atoms with Gasteiger partial charge in [-0.1, -0.05) is 42.5 Å². The van der Waals surface area contributed by atoms with E-state index in [-0.39, 0.29) is 18.5 Å². The number of para-hydroxylation sites is 1. The Bertz CT molecular complexity index is 829. The molecule has 6 heteroatoms. The molecule has 1 heterocycles. The Morgan fingerprint density at radius 1 is 1.20 bits per heavy atom. The molecule has 1 aromatic heterocycles. The summed E-state index contributed by atoms with van der Waals surface area (Å²) in [5.74, 6) is 0.733. The van der Waals surface area contributed by atoms with Crippen molar-refractivity contribution in [2.45, 2.75) is 19.5 Å². The number of hydrogen-bond donors (Lipinski definition) is 1. The van der Waals surface area contributed by atoms with Gasteiger partial charge in [-0.2, -0.15) is 5.10 Å². The minimum atomic E-state index is -0.105. The van der Waals surface area contributed by atoms with Crippen molar-refractivity contribution in [3.05, 3.63) is 66.7 Å². The van der Waals surface area contributed by atoms with E-state index >= 15 is 0 Å². The predicted molar refractivity (Wildman–Crippen MR) is 95.0 cm³/mol. The van der Waals surface area contributed by atoms with E-state index in [1.165, 1.54) is 17.3 Å². The molecule has 1 unspecified atom stereocenters. The largest absolute Gasteiger partial charge is 0.496 e. The van der Waals surface area contributed by atoms with Gasteiger partial charge in [0.2, 0.25) is 5.91 Å². The van der Waals surface area contributed by atoms with Gasteiger partial charge in [-0.15, -0.1) is 0 Å². The van der Waals surface area contributed by atoms with E-state index in [0.717, 1.165) is 22.4 Å². The highest BCUT2D eigenvalue weighted by molar-refractivity contribution is 5.76. The molecule has 0 aliphatic carbocycles. The summed E-state index contributed by atoms with van der Waals surface area (Å²) < 4.78 is 6.90. The van der Waals surface area contributed by atoms with Crippen molar-refractivity contribution >= 4 is 5.91 Å². The number of benzene rings is 2. The molecule has 128 valence electrons. The molecule has 25 heavy (non-hydrogen) atoms. The number of aromatic nitrogens is 3. The number of methoxy groups -OCH3 is 1. The third-order valence-corrected chi connectivity index (χ3v) is 3.98. The maximum absolute atomic E-state index is 12.0. The first-order chi connectivity index (χ1) is 12.2. The Hall–Kier alpha value is -3.15. The van der Waals surface area contributed by atoms with Crippen LogP contribution in [0.5, 0.6) is 5.75 Å². The monoisotopic (exact) mass is 336 g/mol. The molecule has 0 saturated heterocycles. The summed E-state index contributed by atoms with van der Waals surface area (Å²) >= 11 is 0. The van der Waals surface area contributed by atoms with Crippen LogP contribution in [-0.4, -0.2) is 27.8 Å². The first kappa shape index (κ1) is 16.7. The van der Waals surface area contributed by atoms with Crippen molar-refractivity contribution in [2.75, 3.05) is 7.11 Å². The van der Waals surface area contributed by atoms with Crippen LogP contribution >= 0.6 is 0 Å². The molecule has 6 nitrogen and oxygen atoms in total. The van der Waals surface area contributed by atoms with Crippen LogP contribution in [0.3, 0.4) is 0 Å². The summed E-state index contributed by atoms with van der Waals surface area (Å²) in [5, 5.41) is 6.89. The van der Waals surface area contributed by atoms with Gasteiger partial charge < -0.3 is 10.1 Å². The molecule has 0 saturated carbocycles. The number of amides is 1. The van der Waals surface area contributed by atoms with Crippen LogP contribution in [0.1, 0.15) is 18.5 Å². The molecule has 0 bridgehead atoms. The van der Waals surface area contributed by atoms with Crippen molar-refractivity contribution in [3.63, 3.8) is 0 Å². The number of carbonyl (C=O) groups excluding carboxylic acids is 1. The first-order valence-electron chi connectivity index (χ1n) is 8.02. The van der Waals surface area contributed by atoms with Gasteiger partial charge in [0.05, 0.1) is 13.2 Å². The number of nitrogens with one attached hydrogen (secondary N) is 1. The average Bonchev–Trinajstić information content (AvgIpc) is 3.14. The smallest absolute Gasteiger partial charge is 0.242 e. The van der Waals surface area contributed by atoms with Crippen molar-refractivity contribution < 1.29 is 9.53 Å². The molecule has 0 radical (unpaired) electrons. The fourth-order valence-corrected chi connectivity index (χ4v) is 2.67. The van der Waals surface area contributed by atoms with Crippen LogP contribution in [0, 0.1) is 0 Å². The molecule has 0 spiro atoms. The minimum absolute atomic E-state index is 0.0947. The standard InChI is InChI=1S/C19H20N4O2/c1-14(22-19(24)11-23-13-20-12-21-23)15-7-9-16(10-8-15)17-5-3-4-6-18(17)25-2/h3-10,12-14H,11H2,1-2H3,(H,22,24). The second-order valence-electron chi connectivity index (χ2n) is 5.70. The van der Waals surface area contributed by atoms with Crippen LogP contribution < -0.4 is 10.1 Å². The molecule has 3 aromatic rings. The van der Waals surface area contributed by atoms with E-state index < -0.39 is 0 Å². The number of hydrogen-bond acceptors (Lipinski definition) is 4. The molecule has 0 aliphatic rings. The molecular weight excluding hydrogens is 316 g/mol. The average molecular weight is 336 g/mol. The zero-order valence-electron chi connectivity index (χ0n) is 14.2. The summed E-state index contributed by atoms with van der Waals surface area (Å²) in [6.45, 7) is 2.11. The first-order valence-corrected chi connectivity index (χ1v) is 8.02. The highest BCUT2D eigenvalue weighted by Crippen LogP contribution is 2.30. The van der Waals surface area contributed by atoms with E-state index in [0.29, 0.717) is 0 Å². The summed E-state index contributed by atoms with van der Waals surface area (Å²) in [5.41, 5.74) is 3.15. The normalized spacial score (nSPS) is 11.8. The molecule has 1 atom stereocenters. The van der Waals surface area contributed by atoms with E-state index in [1.54, 1.807) is 7.11 Å². The van der Waals surface area contributed by atoms with Crippen LogP contribution in [0.4, 0.5) is 0 Å². The maximum Gasteiger partial charge on any atom is 0.242 e. The lowest BCUT2D eigenvalue weighted by molar-refractivity contribution is -0.122. The fraction of sp³-hybridized carbons (Fsp3) is 0.211. The third-order valence-electron chi connectivity index (χ3n) is 3.98. The van der Waals surface area contributed by atoms with Gasteiger partial charge in [0.15, 0.2) is 0 Å². The minimum Gasteiger partial charge on any atom is -0.496 e. The molecule has 1 amide bonds. The zero-order chi connectivity index (χ0) is 17.6. The lowest BCUT2D eigenvalue weighted by Crippen LogP contribution is -2.30. The van der Waals surface area contributed by atoms with E-state index in [1.807, 2.05) is 55.5 Å². The summed E-state index contributed by atoms with van der Waals surface area (Å²) in [6.07, 6.45) is 2.93. The number of nitrogens with zero attached hydrogens (tertiary/aromatic N) is 3.